The predicted molar refractivity (Wildman–Crippen MR) is 61.4 cm³/mol. The molecular formula is C11H19N3O. The van der Waals surface area contributed by atoms with Crippen molar-refractivity contribution in [2.24, 2.45) is 0 Å². The quantitative estimate of drug-likeness (QED) is 0.625. The van der Waals surface area contributed by atoms with Gasteiger partial charge < -0.3 is 4.90 Å². The standard InChI is InChI=1S/C11H19N3O/c1-3-12(4-2)9-10-14(11-15)13-7-5-6-8-13/h5-8,11H,3-4,9-10H2,1-2H3. The lowest BCUT2D eigenvalue weighted by atomic mass is 10.4. The third-order valence-electron chi connectivity index (χ3n) is 2.55. The van der Waals surface area contributed by atoms with Crippen molar-refractivity contribution < 1.29 is 4.79 Å². The Bertz CT molecular complexity index is 267. The van der Waals surface area contributed by atoms with Crippen molar-refractivity contribution in [3.8, 4) is 0 Å². The number of likely N-dealkylation sites (N-methyl/N-ethyl adjacent to an activating group) is 1. The molecule has 0 radical (unpaired) electrons. The highest BCUT2D eigenvalue weighted by Gasteiger charge is 2.05. The van der Waals surface area contributed by atoms with Crippen molar-refractivity contribution >= 4 is 6.41 Å². The summed E-state index contributed by atoms with van der Waals surface area (Å²) >= 11 is 0. The molecule has 1 aromatic heterocycles. The lowest BCUT2D eigenvalue weighted by Gasteiger charge is -2.23. The van der Waals surface area contributed by atoms with Gasteiger partial charge in [-0.3, -0.25) is 14.5 Å². The Kier molecular flexibility index (Phi) is 4.90. The SMILES string of the molecule is CCN(CC)CCN(C=O)n1cccc1. The zero-order valence-corrected chi connectivity index (χ0v) is 9.47. The highest BCUT2D eigenvalue weighted by Crippen LogP contribution is 1.93. The van der Waals surface area contributed by atoms with Crippen LogP contribution in [0.2, 0.25) is 0 Å². The van der Waals surface area contributed by atoms with Gasteiger partial charge in [-0.25, -0.2) is 0 Å². The minimum atomic E-state index is 0.722. The average molecular weight is 209 g/mol. The van der Waals surface area contributed by atoms with Gasteiger partial charge in [0.1, 0.15) is 0 Å². The van der Waals surface area contributed by atoms with Gasteiger partial charge in [-0.2, -0.15) is 0 Å². The third-order valence-corrected chi connectivity index (χ3v) is 2.55. The van der Waals surface area contributed by atoms with Crippen LogP contribution in [0.15, 0.2) is 24.5 Å². The Morgan fingerprint density at radius 1 is 1.13 bits per heavy atom. The molecule has 0 aromatic carbocycles. The summed E-state index contributed by atoms with van der Waals surface area (Å²) in [6.45, 7) is 7.93. The van der Waals surface area contributed by atoms with E-state index in [-0.39, 0.29) is 0 Å². The first-order valence-corrected chi connectivity index (χ1v) is 5.39. The van der Waals surface area contributed by atoms with E-state index in [4.69, 9.17) is 0 Å². The summed E-state index contributed by atoms with van der Waals surface area (Å²) in [5, 5.41) is 1.66. The summed E-state index contributed by atoms with van der Waals surface area (Å²) in [6.07, 6.45) is 4.61. The fourth-order valence-corrected chi connectivity index (χ4v) is 1.50. The summed E-state index contributed by atoms with van der Waals surface area (Å²) in [4.78, 5) is 13.2. The monoisotopic (exact) mass is 209 g/mol. The average Bonchev–Trinajstić information content (AvgIpc) is 2.78. The normalized spacial score (nSPS) is 10.6. The summed E-state index contributed by atoms with van der Waals surface area (Å²) < 4.78 is 1.80. The number of nitrogens with zero attached hydrogens (tertiary/aromatic N) is 3. The Balaban J connectivity index is 2.44. The Morgan fingerprint density at radius 3 is 2.20 bits per heavy atom. The molecule has 0 bridgehead atoms. The van der Waals surface area contributed by atoms with E-state index in [1.807, 2.05) is 24.5 Å². The molecule has 15 heavy (non-hydrogen) atoms. The summed E-state index contributed by atoms with van der Waals surface area (Å²) in [5.41, 5.74) is 0. The van der Waals surface area contributed by atoms with Crippen molar-refractivity contribution in [2.45, 2.75) is 13.8 Å². The largest absolute Gasteiger partial charge is 0.302 e. The number of amides is 1. The van der Waals surface area contributed by atoms with Crippen LogP contribution in [0.5, 0.6) is 0 Å². The van der Waals surface area contributed by atoms with Gasteiger partial charge in [-0.05, 0) is 25.2 Å². The third kappa shape index (κ3) is 3.40. The summed E-state index contributed by atoms with van der Waals surface area (Å²) in [6, 6.07) is 3.82. The second kappa shape index (κ2) is 6.24. The van der Waals surface area contributed by atoms with Crippen LogP contribution < -0.4 is 5.01 Å². The lowest BCUT2D eigenvalue weighted by Crippen LogP contribution is -2.39. The number of carbonyl (C=O) groups is 1. The maximum atomic E-state index is 10.9. The number of rotatable bonds is 7. The number of hydrogen-bond donors (Lipinski definition) is 0. The minimum absolute atomic E-state index is 0.722. The van der Waals surface area contributed by atoms with Gasteiger partial charge in [0, 0.05) is 18.9 Å². The lowest BCUT2D eigenvalue weighted by molar-refractivity contribution is -0.108. The molecular weight excluding hydrogens is 190 g/mol. The van der Waals surface area contributed by atoms with Crippen molar-refractivity contribution in [3.05, 3.63) is 24.5 Å². The fraction of sp³-hybridized carbons (Fsp3) is 0.545. The number of carbonyl (C=O) groups excluding carboxylic acids is 1. The summed E-state index contributed by atoms with van der Waals surface area (Å²) in [7, 11) is 0. The van der Waals surface area contributed by atoms with Crippen LogP contribution in [0.1, 0.15) is 13.8 Å². The Morgan fingerprint density at radius 2 is 1.73 bits per heavy atom. The molecule has 0 atom stereocenters. The Labute approximate surface area is 91.1 Å². The van der Waals surface area contributed by atoms with Gasteiger partial charge in [0.2, 0.25) is 6.41 Å². The minimum Gasteiger partial charge on any atom is -0.302 e. The van der Waals surface area contributed by atoms with E-state index >= 15 is 0 Å². The predicted octanol–water partition coefficient (Wildman–Crippen LogP) is 0.924. The molecule has 0 aliphatic carbocycles. The highest BCUT2D eigenvalue weighted by molar-refractivity contribution is 5.60. The molecule has 1 aromatic rings. The molecule has 0 saturated carbocycles. The molecule has 0 N–H and O–H groups in total. The van der Waals surface area contributed by atoms with Crippen LogP contribution in [0.3, 0.4) is 0 Å². The molecule has 1 rings (SSSR count). The van der Waals surface area contributed by atoms with Crippen molar-refractivity contribution in [3.63, 3.8) is 0 Å². The maximum absolute atomic E-state index is 10.9. The van der Waals surface area contributed by atoms with Gasteiger partial charge in [-0.1, -0.05) is 13.8 Å². The molecule has 0 spiro atoms. The molecule has 0 fully saturated rings. The smallest absolute Gasteiger partial charge is 0.228 e. The Hall–Kier alpha value is -1.29. The zero-order chi connectivity index (χ0) is 11.1. The molecule has 4 nitrogen and oxygen atoms in total. The molecule has 1 heterocycles. The van der Waals surface area contributed by atoms with Crippen LogP contribution in [0, 0.1) is 0 Å². The molecule has 4 heteroatoms. The number of hydrogen-bond acceptors (Lipinski definition) is 2. The second-order valence-electron chi connectivity index (χ2n) is 3.36. The van der Waals surface area contributed by atoms with Crippen LogP contribution in [-0.2, 0) is 4.79 Å². The van der Waals surface area contributed by atoms with Crippen LogP contribution >= 0.6 is 0 Å². The summed E-state index contributed by atoms with van der Waals surface area (Å²) in [5.74, 6) is 0. The first-order valence-electron chi connectivity index (χ1n) is 5.39. The van der Waals surface area contributed by atoms with E-state index in [0.29, 0.717) is 0 Å². The fourth-order valence-electron chi connectivity index (χ4n) is 1.50. The van der Waals surface area contributed by atoms with Gasteiger partial charge in [0.05, 0.1) is 6.54 Å². The highest BCUT2D eigenvalue weighted by atomic mass is 16.1. The topological polar surface area (TPSA) is 28.5 Å². The molecule has 1 amide bonds. The van der Waals surface area contributed by atoms with Gasteiger partial charge in [0.25, 0.3) is 0 Å². The van der Waals surface area contributed by atoms with E-state index in [1.165, 1.54) is 0 Å². The molecule has 0 unspecified atom stereocenters. The van der Waals surface area contributed by atoms with Crippen LogP contribution in [-0.4, -0.2) is 42.2 Å². The number of aromatic nitrogens is 1. The first kappa shape index (κ1) is 11.8. The molecule has 0 aliphatic rings. The van der Waals surface area contributed by atoms with E-state index in [0.717, 1.165) is 32.6 Å². The molecule has 0 saturated heterocycles. The molecule has 0 aliphatic heterocycles. The van der Waals surface area contributed by atoms with Crippen molar-refractivity contribution in [1.29, 1.82) is 0 Å². The van der Waals surface area contributed by atoms with E-state index in [9.17, 15) is 4.79 Å². The van der Waals surface area contributed by atoms with Gasteiger partial charge in [0.15, 0.2) is 0 Å². The maximum Gasteiger partial charge on any atom is 0.228 e. The first-order chi connectivity index (χ1) is 7.31. The van der Waals surface area contributed by atoms with Crippen LogP contribution in [0.4, 0.5) is 0 Å². The van der Waals surface area contributed by atoms with Gasteiger partial charge in [-0.15, -0.1) is 0 Å². The molecule has 84 valence electrons. The van der Waals surface area contributed by atoms with Gasteiger partial charge >= 0.3 is 0 Å². The van der Waals surface area contributed by atoms with Crippen molar-refractivity contribution in [2.75, 3.05) is 31.2 Å². The van der Waals surface area contributed by atoms with Crippen molar-refractivity contribution in [1.82, 2.24) is 9.58 Å². The van der Waals surface area contributed by atoms with Crippen LogP contribution in [0.25, 0.3) is 0 Å². The zero-order valence-electron chi connectivity index (χ0n) is 9.47. The second-order valence-corrected chi connectivity index (χ2v) is 3.36. The van der Waals surface area contributed by atoms with E-state index in [2.05, 4.69) is 18.7 Å². The van der Waals surface area contributed by atoms with E-state index < -0.39 is 0 Å². The van der Waals surface area contributed by atoms with E-state index in [1.54, 1.807) is 9.69 Å².